The molecule has 1 aromatic rings. The minimum atomic E-state index is -0.234. The largest absolute Gasteiger partial charge is 0.385 e. The molecule has 2 fully saturated rings. The summed E-state index contributed by atoms with van der Waals surface area (Å²) in [5.74, 6) is -0.251. The monoisotopic (exact) mass is 428 g/mol. The van der Waals surface area contributed by atoms with E-state index in [1.807, 2.05) is 17.0 Å². The lowest BCUT2D eigenvalue weighted by molar-refractivity contribution is -0.125. The van der Waals surface area contributed by atoms with Crippen LogP contribution < -0.4 is 15.1 Å². The number of likely N-dealkylation sites (tertiary alicyclic amines) is 1. The van der Waals surface area contributed by atoms with Crippen LogP contribution in [-0.2, 0) is 14.3 Å². The normalized spacial score (nSPS) is 20.5. The van der Waals surface area contributed by atoms with Crippen molar-refractivity contribution in [2.45, 2.75) is 44.6 Å². The third-order valence-electron chi connectivity index (χ3n) is 6.42. The van der Waals surface area contributed by atoms with Crippen LogP contribution in [0.4, 0.5) is 11.4 Å². The zero-order valence-electron chi connectivity index (χ0n) is 18.3. The number of rotatable bonds is 7. The van der Waals surface area contributed by atoms with Crippen LogP contribution in [-0.4, -0.2) is 75.1 Å². The minimum absolute atomic E-state index is 0.00233. The van der Waals surface area contributed by atoms with Crippen LogP contribution >= 0.6 is 0 Å². The highest BCUT2D eigenvalue weighted by molar-refractivity contribution is 6.09. The molecular formula is C23H32N4O4. The summed E-state index contributed by atoms with van der Waals surface area (Å²) >= 11 is 0. The van der Waals surface area contributed by atoms with E-state index in [-0.39, 0.29) is 30.3 Å². The highest BCUT2D eigenvalue weighted by Crippen LogP contribution is 2.40. The van der Waals surface area contributed by atoms with E-state index in [0.717, 1.165) is 63.8 Å². The van der Waals surface area contributed by atoms with Gasteiger partial charge in [0.1, 0.15) is 12.6 Å². The van der Waals surface area contributed by atoms with Gasteiger partial charge < -0.3 is 19.9 Å². The number of methoxy groups -OCH3 is 1. The first kappa shape index (κ1) is 21.6. The Hall–Kier alpha value is -2.61. The second-order valence-electron chi connectivity index (χ2n) is 8.53. The van der Waals surface area contributed by atoms with E-state index >= 15 is 0 Å². The number of carbonyl (C=O) groups excluding carboxylic acids is 3. The Morgan fingerprint density at radius 1 is 1.10 bits per heavy atom. The summed E-state index contributed by atoms with van der Waals surface area (Å²) < 4.78 is 5.02. The van der Waals surface area contributed by atoms with Gasteiger partial charge in [0.25, 0.3) is 5.91 Å². The maximum absolute atomic E-state index is 13.4. The van der Waals surface area contributed by atoms with Crippen LogP contribution in [0.25, 0.3) is 0 Å². The lowest BCUT2D eigenvalue weighted by Crippen LogP contribution is -2.57. The quantitative estimate of drug-likeness (QED) is 0.670. The van der Waals surface area contributed by atoms with Crippen molar-refractivity contribution in [2.24, 2.45) is 0 Å². The number of nitrogens with one attached hydrogen (secondary N) is 1. The average Bonchev–Trinajstić information content (AvgIpc) is 3.34. The van der Waals surface area contributed by atoms with Crippen molar-refractivity contribution < 1.29 is 19.1 Å². The number of ether oxygens (including phenoxy) is 1. The smallest absolute Gasteiger partial charge is 0.253 e. The van der Waals surface area contributed by atoms with E-state index in [9.17, 15) is 14.4 Å². The zero-order chi connectivity index (χ0) is 21.8. The number of benzene rings is 1. The van der Waals surface area contributed by atoms with Crippen molar-refractivity contribution in [3.8, 4) is 0 Å². The summed E-state index contributed by atoms with van der Waals surface area (Å²) in [5, 5.41) is 2.87. The Kier molecular flexibility index (Phi) is 6.75. The van der Waals surface area contributed by atoms with E-state index in [0.29, 0.717) is 24.4 Å². The molecule has 0 aliphatic carbocycles. The van der Waals surface area contributed by atoms with Gasteiger partial charge in [0.15, 0.2) is 0 Å². The molecule has 8 heteroatoms. The molecule has 2 saturated heterocycles. The number of hydrogen-bond donors (Lipinski definition) is 1. The van der Waals surface area contributed by atoms with Gasteiger partial charge in [0.05, 0.1) is 11.4 Å². The van der Waals surface area contributed by atoms with Crippen molar-refractivity contribution in [2.75, 3.05) is 56.2 Å². The molecule has 0 spiro atoms. The summed E-state index contributed by atoms with van der Waals surface area (Å²) in [4.78, 5) is 44.5. The Balaban J connectivity index is 1.59. The number of hydrogen-bond acceptors (Lipinski definition) is 5. The van der Waals surface area contributed by atoms with Crippen LogP contribution in [0.5, 0.6) is 0 Å². The van der Waals surface area contributed by atoms with Crippen molar-refractivity contribution in [3.05, 3.63) is 23.8 Å². The molecule has 3 amide bonds. The van der Waals surface area contributed by atoms with Gasteiger partial charge in [-0.3, -0.25) is 19.3 Å². The fraction of sp³-hybridized carbons (Fsp3) is 0.609. The number of nitrogens with zero attached hydrogens (tertiary/aromatic N) is 3. The maximum Gasteiger partial charge on any atom is 0.253 e. The first-order chi connectivity index (χ1) is 15.1. The van der Waals surface area contributed by atoms with Crippen molar-refractivity contribution in [3.63, 3.8) is 0 Å². The van der Waals surface area contributed by atoms with E-state index < -0.39 is 0 Å². The Labute approximate surface area is 183 Å². The summed E-state index contributed by atoms with van der Waals surface area (Å²) in [5.41, 5.74) is 2.18. The molecule has 3 aliphatic heterocycles. The van der Waals surface area contributed by atoms with E-state index in [1.165, 1.54) is 0 Å². The van der Waals surface area contributed by atoms with Crippen LogP contribution in [0.3, 0.4) is 0 Å². The molecule has 31 heavy (non-hydrogen) atoms. The lowest BCUT2D eigenvalue weighted by Gasteiger charge is -2.45. The predicted octanol–water partition coefficient (Wildman–Crippen LogP) is 1.78. The molecule has 0 aromatic heterocycles. The summed E-state index contributed by atoms with van der Waals surface area (Å²) in [7, 11) is 1.63. The van der Waals surface area contributed by atoms with Gasteiger partial charge in [-0.25, -0.2) is 0 Å². The standard InChI is InChI=1S/C23H32N4O4/c1-31-14-6-10-24-21(28)16-27-20-15-17(22(29)25-11-4-5-12-25)8-9-18(20)26-13-3-2-7-19(26)23(27)30/h8-9,15,19H,2-7,10-14,16H2,1H3,(H,24,28)/t19-/m0/s1. The van der Waals surface area contributed by atoms with Gasteiger partial charge in [-0.05, 0) is 56.7 Å². The van der Waals surface area contributed by atoms with Crippen molar-refractivity contribution in [1.29, 1.82) is 0 Å². The molecule has 3 heterocycles. The van der Waals surface area contributed by atoms with Crippen LogP contribution in [0, 0.1) is 0 Å². The number of piperidine rings is 1. The Bertz CT molecular complexity index is 837. The topological polar surface area (TPSA) is 82.2 Å². The zero-order valence-corrected chi connectivity index (χ0v) is 18.3. The second kappa shape index (κ2) is 9.68. The number of anilines is 2. The molecule has 3 aliphatic rings. The number of carbonyl (C=O) groups is 3. The lowest BCUT2D eigenvalue weighted by atomic mass is 9.95. The van der Waals surface area contributed by atoms with E-state index in [2.05, 4.69) is 10.2 Å². The van der Waals surface area contributed by atoms with Crippen LogP contribution in [0.2, 0.25) is 0 Å². The Morgan fingerprint density at radius 3 is 2.65 bits per heavy atom. The van der Waals surface area contributed by atoms with E-state index in [4.69, 9.17) is 4.74 Å². The Morgan fingerprint density at radius 2 is 1.87 bits per heavy atom. The average molecular weight is 429 g/mol. The van der Waals surface area contributed by atoms with Gasteiger partial charge in [-0.15, -0.1) is 0 Å². The fourth-order valence-corrected chi connectivity index (χ4v) is 4.80. The van der Waals surface area contributed by atoms with Crippen LogP contribution in [0.1, 0.15) is 48.9 Å². The molecule has 4 rings (SSSR count). The summed E-state index contributed by atoms with van der Waals surface area (Å²) in [6.45, 7) is 3.41. The number of fused-ring (bicyclic) bond motifs is 3. The predicted molar refractivity (Wildman–Crippen MR) is 118 cm³/mol. The maximum atomic E-state index is 13.4. The summed E-state index contributed by atoms with van der Waals surface area (Å²) in [6.07, 6.45) is 5.61. The first-order valence-corrected chi connectivity index (χ1v) is 11.4. The highest BCUT2D eigenvalue weighted by Gasteiger charge is 2.40. The molecular weight excluding hydrogens is 396 g/mol. The fourth-order valence-electron chi connectivity index (χ4n) is 4.80. The SMILES string of the molecule is COCCCNC(=O)CN1C(=O)[C@@H]2CCCCN2c2ccc(C(=O)N3CCCC3)cc21. The van der Waals surface area contributed by atoms with Gasteiger partial charge >= 0.3 is 0 Å². The van der Waals surface area contributed by atoms with Crippen molar-refractivity contribution in [1.82, 2.24) is 10.2 Å². The molecule has 0 saturated carbocycles. The van der Waals surface area contributed by atoms with Crippen molar-refractivity contribution >= 4 is 29.1 Å². The molecule has 8 nitrogen and oxygen atoms in total. The third-order valence-corrected chi connectivity index (χ3v) is 6.42. The molecule has 168 valence electrons. The molecule has 0 radical (unpaired) electrons. The van der Waals surface area contributed by atoms with Gasteiger partial charge in [-0.2, -0.15) is 0 Å². The summed E-state index contributed by atoms with van der Waals surface area (Å²) in [6, 6.07) is 5.39. The molecule has 0 unspecified atom stereocenters. The number of amides is 3. The second-order valence-corrected chi connectivity index (χ2v) is 8.53. The first-order valence-electron chi connectivity index (χ1n) is 11.4. The highest BCUT2D eigenvalue weighted by atomic mass is 16.5. The molecule has 0 bridgehead atoms. The third kappa shape index (κ3) is 4.54. The molecule has 1 atom stereocenters. The molecule has 1 aromatic carbocycles. The van der Waals surface area contributed by atoms with Crippen LogP contribution in [0.15, 0.2) is 18.2 Å². The van der Waals surface area contributed by atoms with Gasteiger partial charge in [0.2, 0.25) is 11.8 Å². The van der Waals surface area contributed by atoms with Gasteiger partial charge in [0, 0.05) is 45.5 Å². The minimum Gasteiger partial charge on any atom is -0.385 e. The van der Waals surface area contributed by atoms with E-state index in [1.54, 1.807) is 18.1 Å². The van der Waals surface area contributed by atoms with Gasteiger partial charge in [-0.1, -0.05) is 0 Å². The molecule has 1 N–H and O–H groups in total.